The van der Waals surface area contributed by atoms with Crippen LogP contribution in [-0.2, 0) is 21.1 Å². The number of hydrogen-bond donors (Lipinski definition) is 0. The van der Waals surface area contributed by atoms with E-state index in [1.54, 1.807) is 34.0 Å². The summed E-state index contributed by atoms with van der Waals surface area (Å²) in [6.07, 6.45) is 5.52. The third-order valence-corrected chi connectivity index (χ3v) is 7.42. The molecule has 1 fully saturated rings. The summed E-state index contributed by atoms with van der Waals surface area (Å²) in [5.41, 5.74) is 1.70. The molecule has 3 heterocycles. The van der Waals surface area contributed by atoms with Gasteiger partial charge in [0.05, 0.1) is 33.8 Å². The van der Waals surface area contributed by atoms with Crippen molar-refractivity contribution in [2.45, 2.75) is 50.2 Å². The molecule has 2 aromatic heterocycles. The average molecular weight is 508 g/mol. The quantitative estimate of drug-likeness (QED) is 0.485. The molecule has 0 saturated carbocycles. The van der Waals surface area contributed by atoms with Crippen molar-refractivity contribution in [2.75, 3.05) is 19.3 Å². The molecular formula is C24H27ClFN3O4S. The number of carbonyl (C=O) groups is 1. The maximum absolute atomic E-state index is 15.0. The highest BCUT2D eigenvalue weighted by molar-refractivity contribution is 7.90. The summed E-state index contributed by atoms with van der Waals surface area (Å²) in [5.74, 6) is -0.291. The number of halogens is 2. The van der Waals surface area contributed by atoms with E-state index < -0.39 is 15.7 Å². The van der Waals surface area contributed by atoms with Crippen LogP contribution in [0, 0.1) is 5.82 Å². The third-order valence-electron chi connectivity index (χ3n) is 6.04. The molecule has 0 bridgehead atoms. The number of sulfone groups is 1. The van der Waals surface area contributed by atoms with Crippen LogP contribution in [0.4, 0.5) is 9.18 Å². The molecule has 10 heteroatoms. The Morgan fingerprint density at radius 1 is 1.26 bits per heavy atom. The minimum atomic E-state index is -3.40. The van der Waals surface area contributed by atoms with Gasteiger partial charge in [-0.3, -0.25) is 4.98 Å². The molecule has 1 aliphatic heterocycles. The minimum absolute atomic E-state index is 0.121. The molecule has 0 N–H and O–H groups in total. The molecule has 0 radical (unpaired) electrons. The molecule has 0 aliphatic carbocycles. The topological polar surface area (TPSA) is 81.5 Å². The van der Waals surface area contributed by atoms with Crippen LogP contribution in [0.15, 0.2) is 41.6 Å². The van der Waals surface area contributed by atoms with E-state index in [1.807, 2.05) is 13.8 Å². The lowest BCUT2D eigenvalue weighted by Gasteiger charge is -2.32. The Morgan fingerprint density at radius 3 is 2.59 bits per heavy atom. The van der Waals surface area contributed by atoms with Crippen molar-refractivity contribution in [3.05, 3.63) is 58.8 Å². The first-order valence-corrected chi connectivity index (χ1v) is 13.4. The van der Waals surface area contributed by atoms with E-state index in [9.17, 15) is 17.6 Å². The molecule has 0 atom stereocenters. The van der Waals surface area contributed by atoms with Gasteiger partial charge in [0.2, 0.25) is 0 Å². The van der Waals surface area contributed by atoms with Crippen LogP contribution in [0.2, 0.25) is 5.02 Å². The summed E-state index contributed by atoms with van der Waals surface area (Å²) in [7, 11) is -3.40. The molecule has 1 amide bonds. The van der Waals surface area contributed by atoms with E-state index in [2.05, 4.69) is 4.98 Å². The van der Waals surface area contributed by atoms with E-state index in [0.717, 1.165) is 11.8 Å². The SMILES string of the molecule is CC(C)OC(=O)N1CCC(c2cnc(Cn3ccc4cc(S(C)(=O)=O)cc(Cl)c43)c(F)c2)CC1. The number of amides is 1. The molecule has 1 saturated heterocycles. The monoisotopic (exact) mass is 507 g/mol. The first-order chi connectivity index (χ1) is 16.0. The number of likely N-dealkylation sites (tertiary alicyclic amines) is 1. The van der Waals surface area contributed by atoms with Crippen LogP contribution in [0.3, 0.4) is 0 Å². The zero-order valence-corrected chi connectivity index (χ0v) is 20.9. The fourth-order valence-corrected chi connectivity index (χ4v) is 5.34. The number of hydrogen-bond acceptors (Lipinski definition) is 5. The van der Waals surface area contributed by atoms with Crippen LogP contribution in [0.5, 0.6) is 0 Å². The lowest BCUT2D eigenvalue weighted by atomic mass is 9.90. The minimum Gasteiger partial charge on any atom is -0.447 e. The Labute approximate surface area is 203 Å². The predicted octanol–water partition coefficient (Wildman–Crippen LogP) is 5.01. The van der Waals surface area contributed by atoms with E-state index in [4.69, 9.17) is 16.3 Å². The summed E-state index contributed by atoms with van der Waals surface area (Å²) in [5, 5.41) is 0.940. The molecule has 3 aromatic rings. The zero-order valence-electron chi connectivity index (χ0n) is 19.3. The normalized spacial score (nSPS) is 15.3. The molecule has 182 valence electrons. The Bertz CT molecular complexity index is 1330. The van der Waals surface area contributed by atoms with E-state index in [-0.39, 0.29) is 40.3 Å². The van der Waals surface area contributed by atoms with Crippen molar-refractivity contribution in [1.29, 1.82) is 0 Å². The molecule has 34 heavy (non-hydrogen) atoms. The number of fused-ring (bicyclic) bond motifs is 1. The van der Waals surface area contributed by atoms with Gasteiger partial charge >= 0.3 is 6.09 Å². The molecule has 0 spiro atoms. The van der Waals surface area contributed by atoms with Crippen LogP contribution in [-0.4, -0.2) is 54.4 Å². The number of piperidine rings is 1. The number of carbonyl (C=O) groups excluding carboxylic acids is 1. The Morgan fingerprint density at radius 2 is 1.97 bits per heavy atom. The second-order valence-corrected chi connectivity index (χ2v) is 11.4. The first kappa shape index (κ1) is 24.5. The number of pyridine rings is 1. The van der Waals surface area contributed by atoms with Gasteiger partial charge in [-0.2, -0.15) is 0 Å². The van der Waals surface area contributed by atoms with Gasteiger partial charge in [-0.25, -0.2) is 17.6 Å². The highest BCUT2D eigenvalue weighted by atomic mass is 35.5. The van der Waals surface area contributed by atoms with Crippen molar-refractivity contribution < 1.29 is 22.3 Å². The second kappa shape index (κ2) is 9.54. The van der Waals surface area contributed by atoms with Gasteiger partial charge in [0, 0.05) is 37.1 Å². The van der Waals surface area contributed by atoms with Gasteiger partial charge in [-0.05, 0) is 62.4 Å². The summed E-state index contributed by atoms with van der Waals surface area (Å²) in [6, 6.07) is 6.24. The fourth-order valence-electron chi connectivity index (χ4n) is 4.27. The standard InChI is InChI=1S/C24H27ClFN3O4S/c1-15(2)33-24(30)28-7-4-16(5-8-28)18-11-21(26)22(27-13-18)14-29-9-6-17-10-19(34(3,31)32)12-20(25)23(17)29/h6,9-13,15-16H,4-5,7-8,14H2,1-3H3. The van der Waals surface area contributed by atoms with Crippen LogP contribution >= 0.6 is 11.6 Å². The van der Waals surface area contributed by atoms with Crippen LogP contribution in [0.1, 0.15) is 43.9 Å². The Balaban J connectivity index is 1.48. The van der Waals surface area contributed by atoms with Crippen molar-refractivity contribution in [3.63, 3.8) is 0 Å². The highest BCUT2D eigenvalue weighted by Gasteiger charge is 2.26. The zero-order chi connectivity index (χ0) is 24.6. The lowest BCUT2D eigenvalue weighted by Crippen LogP contribution is -2.39. The maximum Gasteiger partial charge on any atom is 0.410 e. The Hall–Kier alpha value is -2.65. The highest BCUT2D eigenvalue weighted by Crippen LogP contribution is 2.31. The largest absolute Gasteiger partial charge is 0.447 e. The molecule has 1 aromatic carbocycles. The van der Waals surface area contributed by atoms with Crippen LogP contribution < -0.4 is 0 Å². The Kier molecular flexibility index (Phi) is 6.87. The predicted molar refractivity (Wildman–Crippen MR) is 129 cm³/mol. The number of aromatic nitrogens is 2. The summed E-state index contributed by atoms with van der Waals surface area (Å²) >= 11 is 6.37. The molecule has 1 aliphatic rings. The smallest absolute Gasteiger partial charge is 0.410 e. The van der Waals surface area contributed by atoms with E-state index in [0.29, 0.717) is 36.8 Å². The third kappa shape index (κ3) is 5.20. The maximum atomic E-state index is 15.0. The number of nitrogens with zero attached hydrogens (tertiary/aromatic N) is 3. The van der Waals surface area contributed by atoms with Crippen molar-refractivity contribution >= 4 is 38.4 Å². The van der Waals surface area contributed by atoms with Crippen molar-refractivity contribution in [1.82, 2.24) is 14.5 Å². The molecular weight excluding hydrogens is 481 g/mol. The van der Waals surface area contributed by atoms with Crippen molar-refractivity contribution in [2.24, 2.45) is 0 Å². The van der Waals surface area contributed by atoms with Gasteiger partial charge in [0.25, 0.3) is 0 Å². The van der Waals surface area contributed by atoms with Gasteiger partial charge in [0.1, 0.15) is 5.82 Å². The first-order valence-electron chi connectivity index (χ1n) is 11.1. The summed E-state index contributed by atoms with van der Waals surface area (Å²) < 4.78 is 45.8. The fraction of sp³-hybridized carbons (Fsp3) is 0.417. The number of benzene rings is 1. The number of ether oxygens (including phenoxy) is 1. The van der Waals surface area contributed by atoms with E-state index >= 15 is 0 Å². The van der Waals surface area contributed by atoms with Crippen LogP contribution in [0.25, 0.3) is 10.9 Å². The van der Waals surface area contributed by atoms with Gasteiger partial charge < -0.3 is 14.2 Å². The molecule has 0 unspecified atom stereocenters. The molecule has 7 nitrogen and oxygen atoms in total. The summed E-state index contributed by atoms with van der Waals surface area (Å²) in [6.45, 7) is 4.91. The molecule has 4 rings (SSSR count). The van der Waals surface area contributed by atoms with Gasteiger partial charge in [-0.15, -0.1) is 0 Å². The number of rotatable bonds is 5. The van der Waals surface area contributed by atoms with E-state index in [1.165, 1.54) is 12.1 Å². The van der Waals surface area contributed by atoms with Gasteiger partial charge in [-0.1, -0.05) is 11.6 Å². The summed E-state index contributed by atoms with van der Waals surface area (Å²) in [4.78, 5) is 18.3. The van der Waals surface area contributed by atoms with Crippen molar-refractivity contribution in [3.8, 4) is 0 Å². The van der Waals surface area contributed by atoms with Gasteiger partial charge in [0.15, 0.2) is 9.84 Å². The second-order valence-electron chi connectivity index (χ2n) is 8.95. The average Bonchev–Trinajstić information content (AvgIpc) is 3.17. The lowest BCUT2D eigenvalue weighted by molar-refractivity contribution is 0.0691.